The van der Waals surface area contributed by atoms with Gasteiger partial charge < -0.3 is 4.57 Å². The van der Waals surface area contributed by atoms with Crippen molar-refractivity contribution in [3.05, 3.63) is 59.8 Å². The molecule has 1 fully saturated rings. The lowest BCUT2D eigenvalue weighted by atomic mass is 9.96. The molecule has 0 saturated heterocycles. The van der Waals surface area contributed by atoms with Gasteiger partial charge in [-0.15, -0.1) is 0 Å². The summed E-state index contributed by atoms with van der Waals surface area (Å²) in [6.07, 6.45) is -5.23. The highest BCUT2D eigenvalue weighted by Gasteiger charge is 2.40. The average Bonchev–Trinajstić information content (AvgIpc) is 3.55. The highest BCUT2D eigenvalue weighted by molar-refractivity contribution is 7.90. The molecular weight excluding hydrogens is 487 g/mol. The highest BCUT2D eigenvalue weighted by Crippen LogP contribution is 2.40. The molecule has 0 spiro atoms. The zero-order valence-corrected chi connectivity index (χ0v) is 20.4. The van der Waals surface area contributed by atoms with Gasteiger partial charge in [-0.25, -0.2) is 21.9 Å². The summed E-state index contributed by atoms with van der Waals surface area (Å²) >= 11 is 0. The van der Waals surface area contributed by atoms with E-state index in [0.29, 0.717) is 30.3 Å². The Labute approximate surface area is 201 Å². The second kappa shape index (κ2) is 8.89. The van der Waals surface area contributed by atoms with Crippen molar-refractivity contribution >= 4 is 20.9 Å². The van der Waals surface area contributed by atoms with E-state index in [4.69, 9.17) is 0 Å². The Morgan fingerprint density at radius 2 is 1.71 bits per heavy atom. The first-order valence-corrected chi connectivity index (χ1v) is 12.8. The lowest BCUT2D eigenvalue weighted by Crippen LogP contribution is -2.35. The molecule has 3 aromatic rings. The first-order chi connectivity index (χ1) is 16.2. The molecule has 35 heavy (non-hydrogen) atoms. The van der Waals surface area contributed by atoms with E-state index in [0.717, 1.165) is 6.07 Å². The number of fused-ring (bicyclic) bond motifs is 1. The van der Waals surface area contributed by atoms with Gasteiger partial charge in [0.2, 0.25) is 10.0 Å². The zero-order chi connectivity index (χ0) is 25.8. The van der Waals surface area contributed by atoms with Crippen molar-refractivity contribution in [3.8, 4) is 11.1 Å². The quantitative estimate of drug-likeness (QED) is 0.354. The van der Waals surface area contributed by atoms with Gasteiger partial charge in [0, 0.05) is 29.2 Å². The number of hydrogen-bond donors (Lipinski definition) is 1. The van der Waals surface area contributed by atoms with E-state index in [1.165, 1.54) is 36.5 Å². The first-order valence-electron chi connectivity index (χ1n) is 11.3. The molecule has 4 rings (SSSR count). The predicted octanol–water partition coefficient (Wildman–Crippen LogP) is 6.76. The number of alkyl halides is 5. The Morgan fingerprint density at radius 1 is 1.06 bits per heavy atom. The molecule has 0 aliphatic heterocycles. The Hall–Kier alpha value is -2.46. The highest BCUT2D eigenvalue weighted by atomic mass is 32.2. The molecule has 1 saturated carbocycles. The van der Waals surface area contributed by atoms with Crippen LogP contribution in [0.1, 0.15) is 50.8 Å². The largest absolute Gasteiger partial charge is 0.417 e. The van der Waals surface area contributed by atoms with Crippen LogP contribution in [0.3, 0.4) is 0 Å². The van der Waals surface area contributed by atoms with Gasteiger partial charge in [0.25, 0.3) is 6.43 Å². The van der Waals surface area contributed by atoms with Crippen LogP contribution in [-0.2, 0) is 22.7 Å². The number of sulfonamides is 1. The van der Waals surface area contributed by atoms with Gasteiger partial charge in [0.15, 0.2) is 0 Å². The monoisotopic (exact) mass is 514 g/mol. The molecule has 0 radical (unpaired) electrons. The molecule has 0 amide bonds. The number of halogens is 5. The molecule has 1 aromatic heterocycles. The lowest BCUT2D eigenvalue weighted by Gasteiger charge is -2.20. The molecule has 0 bridgehead atoms. The molecule has 10 heteroatoms. The topological polar surface area (TPSA) is 51.1 Å². The van der Waals surface area contributed by atoms with Gasteiger partial charge >= 0.3 is 6.18 Å². The van der Waals surface area contributed by atoms with Crippen LogP contribution in [-0.4, -0.2) is 24.7 Å². The van der Waals surface area contributed by atoms with Crippen LogP contribution in [0.5, 0.6) is 0 Å². The summed E-state index contributed by atoms with van der Waals surface area (Å²) in [6, 6.07) is 7.92. The van der Waals surface area contributed by atoms with Crippen LogP contribution < -0.4 is 4.72 Å². The Kier molecular flexibility index (Phi) is 6.51. The van der Waals surface area contributed by atoms with Gasteiger partial charge in [-0.3, -0.25) is 0 Å². The summed E-state index contributed by atoms with van der Waals surface area (Å²) in [5.74, 6) is 0. The maximum Gasteiger partial charge on any atom is 0.417 e. The molecule has 2 aromatic carbocycles. The van der Waals surface area contributed by atoms with Crippen LogP contribution in [0.15, 0.2) is 48.7 Å². The molecule has 1 N–H and O–H groups in total. The second-order valence-electron chi connectivity index (χ2n) is 10.2. The third-order valence-electron chi connectivity index (χ3n) is 5.94. The summed E-state index contributed by atoms with van der Waals surface area (Å²) < 4.78 is 98.0. The second-order valence-corrected chi connectivity index (χ2v) is 12.2. The Bertz CT molecular complexity index is 1340. The minimum atomic E-state index is -4.56. The number of aromatic nitrogens is 1. The number of hydrogen-bond acceptors (Lipinski definition) is 2. The fourth-order valence-corrected chi connectivity index (χ4v) is 5.79. The first kappa shape index (κ1) is 25.6. The van der Waals surface area contributed by atoms with Crippen LogP contribution >= 0.6 is 0 Å². The van der Waals surface area contributed by atoms with Gasteiger partial charge in [-0.1, -0.05) is 51.1 Å². The standard InChI is InChI=1S/C25H27F5N2O2S/c1-24(2,3)14-32-13-19(22(23(26)27)31-35(33,34)16-9-10-16)18-11-8-15(12-21(18)32)17-6-4-5-7-20(17)25(28,29)30/h4-8,11-13,16,22-23,31H,9-10,14H2,1-3H3. The van der Waals surface area contributed by atoms with E-state index in [-0.39, 0.29) is 22.1 Å². The Balaban J connectivity index is 1.88. The van der Waals surface area contributed by atoms with Gasteiger partial charge in [-0.2, -0.15) is 13.2 Å². The molecule has 4 nitrogen and oxygen atoms in total. The van der Waals surface area contributed by atoms with Crippen LogP contribution in [0, 0.1) is 5.41 Å². The Morgan fingerprint density at radius 3 is 2.29 bits per heavy atom. The number of nitrogens with zero attached hydrogens (tertiary/aromatic N) is 1. The minimum absolute atomic E-state index is 0.0215. The fraction of sp³-hybridized carbons (Fsp3) is 0.440. The van der Waals surface area contributed by atoms with Gasteiger partial charge in [0.05, 0.1) is 10.8 Å². The van der Waals surface area contributed by atoms with Crippen molar-refractivity contribution in [2.24, 2.45) is 5.41 Å². The maximum atomic E-state index is 14.1. The molecule has 1 aliphatic rings. The fourth-order valence-electron chi connectivity index (χ4n) is 4.26. The molecule has 1 heterocycles. The van der Waals surface area contributed by atoms with Crippen LogP contribution in [0.4, 0.5) is 22.0 Å². The smallest absolute Gasteiger partial charge is 0.347 e. The van der Waals surface area contributed by atoms with Crippen molar-refractivity contribution < 1.29 is 30.4 Å². The third-order valence-corrected chi connectivity index (χ3v) is 7.87. The third kappa shape index (κ3) is 5.53. The molecular formula is C25H27F5N2O2S. The van der Waals surface area contributed by atoms with Crippen molar-refractivity contribution in [3.63, 3.8) is 0 Å². The van der Waals surface area contributed by atoms with E-state index < -0.39 is 39.5 Å². The van der Waals surface area contributed by atoms with Crippen LogP contribution in [0.2, 0.25) is 0 Å². The average molecular weight is 515 g/mol. The molecule has 1 atom stereocenters. The van der Waals surface area contributed by atoms with Gasteiger partial charge in [0.1, 0.15) is 6.04 Å². The number of rotatable bonds is 7. The minimum Gasteiger partial charge on any atom is -0.347 e. The maximum absolute atomic E-state index is 14.1. The SMILES string of the molecule is CC(C)(C)Cn1cc(C(NS(=O)(=O)C2CC2)C(F)F)c2ccc(-c3ccccc3C(F)(F)F)cc21. The van der Waals surface area contributed by atoms with E-state index in [9.17, 15) is 30.4 Å². The van der Waals surface area contributed by atoms with Crippen molar-refractivity contribution in [1.82, 2.24) is 9.29 Å². The van der Waals surface area contributed by atoms with Crippen molar-refractivity contribution in [2.45, 2.75) is 64.1 Å². The zero-order valence-electron chi connectivity index (χ0n) is 19.5. The summed E-state index contributed by atoms with van der Waals surface area (Å²) in [4.78, 5) is 0. The normalized spacial score (nSPS) is 16.3. The van der Waals surface area contributed by atoms with E-state index >= 15 is 0 Å². The van der Waals surface area contributed by atoms with Crippen molar-refractivity contribution in [1.29, 1.82) is 0 Å². The van der Waals surface area contributed by atoms with E-state index in [1.54, 1.807) is 10.6 Å². The molecule has 1 aliphatic carbocycles. The van der Waals surface area contributed by atoms with Crippen molar-refractivity contribution in [2.75, 3.05) is 0 Å². The van der Waals surface area contributed by atoms with Gasteiger partial charge in [-0.05, 0) is 41.5 Å². The molecule has 190 valence electrons. The summed E-state index contributed by atoms with van der Waals surface area (Å²) in [5.41, 5.74) is -0.253. The number of benzene rings is 2. The summed E-state index contributed by atoms with van der Waals surface area (Å²) in [5, 5.41) is -0.302. The lowest BCUT2D eigenvalue weighted by molar-refractivity contribution is -0.137. The molecule has 1 unspecified atom stereocenters. The summed E-state index contributed by atoms with van der Waals surface area (Å²) in [6.45, 7) is 6.23. The van der Waals surface area contributed by atoms with E-state index in [2.05, 4.69) is 4.72 Å². The number of nitrogens with one attached hydrogen (secondary N) is 1. The predicted molar refractivity (Wildman–Crippen MR) is 126 cm³/mol. The van der Waals surface area contributed by atoms with Crippen LogP contribution in [0.25, 0.3) is 22.0 Å². The van der Waals surface area contributed by atoms with E-state index in [1.807, 2.05) is 20.8 Å². The summed E-state index contributed by atoms with van der Waals surface area (Å²) in [7, 11) is -3.91.